The average molecular weight is 963 g/mol. The van der Waals surface area contributed by atoms with Crippen molar-refractivity contribution in [2.45, 2.75) is 0 Å². The fourth-order valence-electron chi connectivity index (χ4n) is 3.31. The van der Waals surface area contributed by atoms with E-state index in [1.807, 2.05) is 90.4 Å². The van der Waals surface area contributed by atoms with E-state index < -0.39 is 5.97 Å². The van der Waals surface area contributed by atoms with E-state index in [9.17, 15) is 20.1 Å². The van der Waals surface area contributed by atoms with Crippen molar-refractivity contribution in [1.29, 1.82) is 0 Å². The Morgan fingerprint density at radius 2 is 1.24 bits per heavy atom. The quantitative estimate of drug-likeness (QED) is 0.0753. The van der Waals surface area contributed by atoms with Crippen molar-refractivity contribution < 1.29 is 54.1 Å². The van der Waals surface area contributed by atoms with Crippen molar-refractivity contribution in [2.24, 2.45) is 0 Å². The van der Waals surface area contributed by atoms with Crippen LogP contribution < -0.4 is 29.6 Å². The van der Waals surface area contributed by atoms with Crippen molar-refractivity contribution in [3.63, 3.8) is 0 Å². The molecule has 33 heavy (non-hydrogen) atoms. The molecule has 1 heterocycles. The molecule has 0 unspecified atom stereocenters. The molecule has 0 saturated heterocycles. The summed E-state index contributed by atoms with van der Waals surface area (Å²) >= 11 is 27.0. The number of halogens is 7. The first-order valence-corrected chi connectivity index (χ1v) is 13.8. The molecule has 4 aromatic rings. The van der Waals surface area contributed by atoms with Crippen LogP contribution in [0.15, 0.2) is 22.6 Å². The van der Waals surface area contributed by atoms with Crippen molar-refractivity contribution in [3.05, 3.63) is 53.1 Å². The van der Waals surface area contributed by atoms with Crippen LogP contribution in [0.2, 0.25) is 15.1 Å². The Kier molecular flexibility index (Phi) is 9.49. The molecule has 0 fully saturated rings. The normalized spacial score (nSPS) is 11.1. The molecule has 0 amide bonds. The maximum absolute atomic E-state index is 12.2. The van der Waals surface area contributed by atoms with E-state index in [1.54, 1.807) is 12.1 Å². The fourth-order valence-corrected chi connectivity index (χ4v) is 7.67. The molecule has 0 aliphatic heterocycles. The minimum Gasteiger partial charge on any atom is -0.505 e. The van der Waals surface area contributed by atoms with Crippen molar-refractivity contribution in [1.82, 2.24) is 0 Å². The predicted molar refractivity (Wildman–Crippen MR) is 160 cm³/mol. The summed E-state index contributed by atoms with van der Waals surface area (Å²) in [4.78, 5) is 12.2. The van der Waals surface area contributed by atoms with Crippen LogP contribution in [0.3, 0.4) is 0 Å². The zero-order valence-electron chi connectivity index (χ0n) is 16.0. The molecule has 0 saturated carbocycles. The third kappa shape index (κ3) is 4.90. The molecule has 1 aromatic heterocycles. The van der Waals surface area contributed by atoms with Crippen molar-refractivity contribution in [2.75, 3.05) is 0 Å². The van der Waals surface area contributed by atoms with Gasteiger partial charge in [-0.15, -0.1) is 0 Å². The van der Waals surface area contributed by atoms with Gasteiger partial charge >= 0.3 is 46.7 Å². The van der Waals surface area contributed by atoms with Gasteiger partial charge in [0.2, 0.25) is 0 Å². The summed E-state index contributed by atoms with van der Waals surface area (Å²) in [5.41, 5.74) is 0.920. The zero-order valence-corrected chi connectivity index (χ0v) is 28.9. The second kappa shape index (κ2) is 10.9. The second-order valence-electron chi connectivity index (χ2n) is 6.48. The summed E-state index contributed by atoms with van der Waals surface area (Å²) in [6.45, 7) is 0. The summed E-state index contributed by atoms with van der Waals surface area (Å²) in [6.07, 6.45) is 0. The van der Waals surface area contributed by atoms with E-state index in [1.165, 1.54) is 6.07 Å². The maximum atomic E-state index is 12.2. The number of fused-ring (bicyclic) bond motifs is 2. The summed E-state index contributed by atoms with van der Waals surface area (Å²) in [5.74, 6) is -1.24. The molecule has 5 nitrogen and oxygen atoms in total. The molecule has 3 N–H and O–H groups in total. The predicted octanol–water partition coefficient (Wildman–Crippen LogP) is 6.03. The average Bonchev–Trinajstić information content (AvgIpc) is 2.72. The third-order valence-electron chi connectivity index (χ3n) is 4.68. The zero-order chi connectivity index (χ0) is 23.6. The molecule has 0 bridgehead atoms. The van der Waals surface area contributed by atoms with Gasteiger partial charge in [0, 0.05) is 11.1 Å². The van der Waals surface area contributed by atoms with E-state index in [4.69, 9.17) is 39.2 Å². The van der Waals surface area contributed by atoms with Crippen LogP contribution >= 0.6 is 125 Å². The largest absolute Gasteiger partial charge is 1.00 e. The van der Waals surface area contributed by atoms with E-state index in [-0.39, 0.29) is 67.3 Å². The van der Waals surface area contributed by atoms with Crippen LogP contribution in [0.1, 0.15) is 10.4 Å². The first-order chi connectivity index (χ1) is 15.0. The van der Waals surface area contributed by atoms with Gasteiger partial charge in [-0.25, -0.2) is 9.21 Å². The van der Waals surface area contributed by atoms with Gasteiger partial charge in [0.25, 0.3) is 0 Å². The monoisotopic (exact) mass is 962 g/mol. The number of hydrogen-bond acceptors (Lipinski definition) is 3. The smallest absolute Gasteiger partial charge is 0.505 e. The van der Waals surface area contributed by atoms with Gasteiger partial charge < -0.3 is 15.3 Å². The summed E-state index contributed by atoms with van der Waals surface area (Å²) < 4.78 is 8.04. The third-order valence-corrected chi connectivity index (χ3v) is 9.41. The topological polar surface area (TPSA) is 89.1 Å². The minimum absolute atomic E-state index is 0. The summed E-state index contributed by atoms with van der Waals surface area (Å²) in [5, 5.41) is 32.0. The number of carboxylic acids is 1. The molecule has 0 aliphatic carbocycles. The Morgan fingerprint density at radius 1 is 0.788 bits per heavy atom. The number of benzene rings is 3. The van der Waals surface area contributed by atoms with Gasteiger partial charge in [-0.1, -0.05) is 34.8 Å². The Bertz CT molecular complexity index is 1440. The molecule has 164 valence electrons. The number of phenolic OH excluding ortho intramolecular Hbond substituents is 2. The molecular formula is C20H6Cl3I4NaO5+2. The SMILES string of the molecule is O=C(O)c1c(Cl)cc(Cl)c(Cl)c1-c1c2cc(I)c(O)c(I)c2[o+]c2c(I)c(O)c(I)cc12.[Na+]. The Morgan fingerprint density at radius 3 is 1.67 bits per heavy atom. The number of phenols is 2. The number of hydrogen-bond donors (Lipinski definition) is 3. The molecule has 4 rings (SSSR count). The Labute approximate surface area is 278 Å². The molecular weight excluding hydrogens is 957 g/mol. The first-order valence-electron chi connectivity index (χ1n) is 8.34. The van der Waals surface area contributed by atoms with Crippen LogP contribution in [-0.2, 0) is 0 Å². The van der Waals surface area contributed by atoms with Crippen LogP contribution in [0.25, 0.3) is 33.1 Å². The second-order valence-corrected chi connectivity index (χ2v) is 12.2. The van der Waals surface area contributed by atoms with Crippen LogP contribution in [-0.4, -0.2) is 21.3 Å². The number of aromatic hydroxyl groups is 2. The molecule has 0 radical (unpaired) electrons. The van der Waals surface area contributed by atoms with Gasteiger partial charge in [0.05, 0.1) is 38.5 Å². The van der Waals surface area contributed by atoms with Crippen molar-refractivity contribution in [3.8, 4) is 22.6 Å². The molecule has 0 aliphatic rings. The molecule has 0 atom stereocenters. The molecule has 13 heteroatoms. The Hall–Kier alpha value is 1.19. The maximum Gasteiger partial charge on any atom is 1.00 e. The minimum atomic E-state index is -1.28. The number of carbonyl (C=O) groups is 1. The van der Waals surface area contributed by atoms with Crippen LogP contribution in [0.4, 0.5) is 0 Å². The number of aromatic carboxylic acids is 1. The molecule has 3 aromatic carbocycles. The number of carboxylic acid groups (broad SMARTS) is 1. The van der Waals surface area contributed by atoms with E-state index in [2.05, 4.69) is 0 Å². The first kappa shape index (κ1) is 28.8. The van der Waals surface area contributed by atoms with Gasteiger partial charge in [0.1, 0.15) is 0 Å². The van der Waals surface area contributed by atoms with E-state index in [0.717, 1.165) is 0 Å². The number of rotatable bonds is 2. The van der Waals surface area contributed by atoms with Gasteiger partial charge in [-0.05, 0) is 109 Å². The van der Waals surface area contributed by atoms with Crippen LogP contribution in [0, 0.1) is 14.3 Å². The van der Waals surface area contributed by atoms with Crippen molar-refractivity contribution >= 4 is 153 Å². The van der Waals surface area contributed by atoms with E-state index >= 15 is 0 Å². The summed E-state index contributed by atoms with van der Waals surface area (Å²) in [6, 6.07) is 4.64. The fraction of sp³-hybridized carbons (Fsp3) is 0. The Balaban J connectivity index is 0.00000306. The molecule has 0 spiro atoms. The standard InChI is InChI=1S/C20H5Cl3I4O5.Na/c21-6-3-7(22)13(23)12(11(6)20(30)31)10-4-1-8(24)16(28)14(26)18(4)32-19-5(10)2-9(25)17(29)15(19)27;/h1-3H,(H2-,28,29,30,31);/q;+1/p+1. The van der Waals surface area contributed by atoms with Gasteiger partial charge in [0.15, 0.2) is 18.6 Å². The van der Waals surface area contributed by atoms with Gasteiger partial charge in [-0.3, -0.25) is 0 Å². The van der Waals surface area contributed by atoms with Gasteiger partial charge in [-0.2, -0.15) is 0 Å². The van der Waals surface area contributed by atoms with Crippen LogP contribution in [0.5, 0.6) is 11.5 Å². The van der Waals surface area contributed by atoms with E-state index in [0.29, 0.717) is 41.8 Å². The summed E-state index contributed by atoms with van der Waals surface area (Å²) in [7, 11) is 0.